The highest BCUT2D eigenvalue weighted by Crippen LogP contribution is 2.20. The molecule has 1 N–H and O–H groups in total. The van der Waals surface area contributed by atoms with Crippen LogP contribution in [0.5, 0.6) is 0 Å². The second-order valence-electron chi connectivity index (χ2n) is 5.34. The fourth-order valence-corrected chi connectivity index (χ4v) is 3.02. The number of amides is 1. The Morgan fingerprint density at radius 2 is 2.19 bits per heavy atom. The summed E-state index contributed by atoms with van der Waals surface area (Å²) in [4.78, 5) is 21.4. The van der Waals surface area contributed by atoms with Crippen LogP contribution in [0.2, 0.25) is 0 Å². The van der Waals surface area contributed by atoms with Gasteiger partial charge in [0.2, 0.25) is 0 Å². The molecule has 0 saturated carbocycles. The minimum atomic E-state index is 0.0914. The first-order valence-electron chi connectivity index (χ1n) is 7.93. The van der Waals surface area contributed by atoms with Crippen molar-refractivity contribution in [1.82, 2.24) is 14.8 Å². The van der Waals surface area contributed by atoms with Crippen LogP contribution >= 0.6 is 0 Å². The second kappa shape index (κ2) is 7.41. The van der Waals surface area contributed by atoms with Crippen molar-refractivity contribution in [2.24, 2.45) is 0 Å². The molecule has 116 valence electrons. The lowest BCUT2D eigenvalue weighted by Gasteiger charge is -2.26. The number of carbonyl (C=O) groups excluding carboxylic acids is 1. The van der Waals surface area contributed by atoms with Crippen molar-refractivity contribution in [3.63, 3.8) is 0 Å². The molecule has 1 fully saturated rings. The molecule has 1 aromatic rings. The normalized spacial score (nSPS) is 18.3. The van der Waals surface area contributed by atoms with E-state index in [0.717, 1.165) is 39.1 Å². The summed E-state index contributed by atoms with van der Waals surface area (Å²) in [6, 6.07) is 4.17. The molecule has 0 bridgehead atoms. The number of nitrogens with one attached hydrogen (secondary N) is 1. The third-order valence-corrected chi connectivity index (χ3v) is 4.16. The Kier molecular flexibility index (Phi) is 5.56. The van der Waals surface area contributed by atoms with Gasteiger partial charge in [-0.05, 0) is 38.6 Å². The third kappa shape index (κ3) is 3.53. The predicted octanol–water partition coefficient (Wildman–Crippen LogP) is 2.07. The van der Waals surface area contributed by atoms with Gasteiger partial charge < -0.3 is 10.2 Å². The average Bonchev–Trinajstić information content (AvgIpc) is 2.98. The van der Waals surface area contributed by atoms with Crippen LogP contribution in [0.3, 0.4) is 0 Å². The standard InChI is InChI=1S/C16H26N4O/c1-4-17-15-14(8-7-10-18-15)16(21)20-11-9-13(12-20)19(5-2)6-3/h7-8,10,13H,4-6,9,11-12H2,1-3H3,(H,17,18). The van der Waals surface area contributed by atoms with E-state index in [1.54, 1.807) is 6.20 Å². The molecule has 2 heterocycles. The van der Waals surface area contributed by atoms with E-state index >= 15 is 0 Å². The number of likely N-dealkylation sites (tertiary alicyclic amines) is 1. The van der Waals surface area contributed by atoms with Crippen LogP contribution < -0.4 is 5.32 Å². The largest absolute Gasteiger partial charge is 0.370 e. The van der Waals surface area contributed by atoms with Gasteiger partial charge in [-0.15, -0.1) is 0 Å². The minimum Gasteiger partial charge on any atom is -0.370 e. The molecule has 1 saturated heterocycles. The van der Waals surface area contributed by atoms with E-state index in [0.29, 0.717) is 17.4 Å². The van der Waals surface area contributed by atoms with Crippen LogP contribution in [0.25, 0.3) is 0 Å². The Morgan fingerprint density at radius 3 is 2.86 bits per heavy atom. The van der Waals surface area contributed by atoms with E-state index < -0.39 is 0 Å². The molecule has 0 spiro atoms. The highest BCUT2D eigenvalue weighted by molar-refractivity contribution is 5.98. The number of likely N-dealkylation sites (N-methyl/N-ethyl adjacent to an activating group) is 1. The van der Waals surface area contributed by atoms with Gasteiger partial charge in [0.15, 0.2) is 0 Å². The number of hydrogen-bond donors (Lipinski definition) is 1. The summed E-state index contributed by atoms with van der Waals surface area (Å²) in [6.45, 7) is 10.9. The van der Waals surface area contributed by atoms with Gasteiger partial charge in [0, 0.05) is 31.9 Å². The molecule has 21 heavy (non-hydrogen) atoms. The lowest BCUT2D eigenvalue weighted by molar-refractivity contribution is 0.0778. The van der Waals surface area contributed by atoms with Gasteiger partial charge in [0.1, 0.15) is 5.82 Å². The summed E-state index contributed by atoms with van der Waals surface area (Å²) in [5.41, 5.74) is 0.680. The van der Waals surface area contributed by atoms with Gasteiger partial charge in [0.25, 0.3) is 5.91 Å². The van der Waals surface area contributed by atoms with Crippen molar-refractivity contribution in [3.05, 3.63) is 23.9 Å². The van der Waals surface area contributed by atoms with Crippen molar-refractivity contribution in [2.45, 2.75) is 33.2 Å². The zero-order chi connectivity index (χ0) is 15.2. The smallest absolute Gasteiger partial charge is 0.257 e. The molecule has 0 radical (unpaired) electrons. The first-order valence-corrected chi connectivity index (χ1v) is 7.93. The first kappa shape index (κ1) is 15.8. The van der Waals surface area contributed by atoms with Crippen molar-refractivity contribution < 1.29 is 4.79 Å². The van der Waals surface area contributed by atoms with Crippen LogP contribution in [0.4, 0.5) is 5.82 Å². The third-order valence-electron chi connectivity index (χ3n) is 4.16. The maximum atomic E-state index is 12.7. The van der Waals surface area contributed by atoms with Gasteiger partial charge in [-0.1, -0.05) is 13.8 Å². The van der Waals surface area contributed by atoms with Gasteiger partial charge in [-0.25, -0.2) is 4.98 Å². The summed E-state index contributed by atoms with van der Waals surface area (Å²) in [5.74, 6) is 0.782. The van der Waals surface area contributed by atoms with Gasteiger partial charge in [-0.2, -0.15) is 0 Å². The highest BCUT2D eigenvalue weighted by Gasteiger charge is 2.30. The lowest BCUT2D eigenvalue weighted by Crippen LogP contribution is -2.38. The average molecular weight is 290 g/mol. The fourth-order valence-electron chi connectivity index (χ4n) is 3.02. The van der Waals surface area contributed by atoms with E-state index in [4.69, 9.17) is 0 Å². The quantitative estimate of drug-likeness (QED) is 0.871. The molecule has 2 rings (SSSR count). The monoisotopic (exact) mass is 290 g/mol. The van der Waals surface area contributed by atoms with Crippen LogP contribution in [0.1, 0.15) is 37.6 Å². The van der Waals surface area contributed by atoms with Gasteiger partial charge in [-0.3, -0.25) is 9.69 Å². The SMILES string of the molecule is CCNc1ncccc1C(=O)N1CCC(N(CC)CC)C1. The van der Waals surface area contributed by atoms with E-state index in [1.807, 2.05) is 24.0 Å². The molecular formula is C16H26N4O. The van der Waals surface area contributed by atoms with Crippen LogP contribution in [0, 0.1) is 0 Å². The molecule has 0 aromatic carbocycles. The second-order valence-corrected chi connectivity index (χ2v) is 5.34. The molecule has 1 aromatic heterocycles. The highest BCUT2D eigenvalue weighted by atomic mass is 16.2. The Balaban J connectivity index is 2.08. The predicted molar refractivity (Wildman–Crippen MR) is 85.6 cm³/mol. The molecule has 1 amide bonds. The Hall–Kier alpha value is -1.62. The molecule has 0 aliphatic carbocycles. The number of rotatable bonds is 6. The van der Waals surface area contributed by atoms with Crippen LogP contribution in [0.15, 0.2) is 18.3 Å². The van der Waals surface area contributed by atoms with Crippen molar-refractivity contribution in [1.29, 1.82) is 0 Å². The number of pyridine rings is 1. The maximum Gasteiger partial charge on any atom is 0.257 e. The van der Waals surface area contributed by atoms with Crippen LogP contribution in [-0.2, 0) is 0 Å². The fraction of sp³-hybridized carbons (Fsp3) is 0.625. The zero-order valence-electron chi connectivity index (χ0n) is 13.3. The maximum absolute atomic E-state index is 12.7. The summed E-state index contributed by atoms with van der Waals surface area (Å²) >= 11 is 0. The van der Waals surface area contributed by atoms with Gasteiger partial charge >= 0.3 is 0 Å². The molecule has 1 atom stereocenters. The van der Waals surface area contributed by atoms with Crippen molar-refractivity contribution in [2.75, 3.05) is 38.0 Å². The molecule has 1 unspecified atom stereocenters. The molecule has 5 nitrogen and oxygen atoms in total. The minimum absolute atomic E-state index is 0.0914. The number of anilines is 1. The Bertz CT molecular complexity index is 473. The van der Waals surface area contributed by atoms with E-state index in [-0.39, 0.29) is 5.91 Å². The number of nitrogens with zero attached hydrogens (tertiary/aromatic N) is 3. The van der Waals surface area contributed by atoms with E-state index in [1.165, 1.54) is 0 Å². The Labute approximate surface area is 127 Å². The molecule has 5 heteroatoms. The van der Waals surface area contributed by atoms with E-state index in [9.17, 15) is 4.79 Å². The summed E-state index contributed by atoms with van der Waals surface area (Å²) in [5, 5.41) is 3.17. The van der Waals surface area contributed by atoms with Crippen molar-refractivity contribution in [3.8, 4) is 0 Å². The summed E-state index contributed by atoms with van der Waals surface area (Å²) in [6.07, 6.45) is 2.78. The number of hydrogen-bond acceptors (Lipinski definition) is 4. The zero-order valence-corrected chi connectivity index (χ0v) is 13.3. The topological polar surface area (TPSA) is 48.5 Å². The number of carbonyl (C=O) groups is 1. The molecular weight excluding hydrogens is 264 g/mol. The Morgan fingerprint density at radius 1 is 1.43 bits per heavy atom. The van der Waals surface area contributed by atoms with Crippen molar-refractivity contribution >= 4 is 11.7 Å². The number of aromatic nitrogens is 1. The lowest BCUT2D eigenvalue weighted by atomic mass is 10.2. The summed E-state index contributed by atoms with van der Waals surface area (Å²) in [7, 11) is 0. The van der Waals surface area contributed by atoms with Crippen LogP contribution in [-0.4, -0.2) is 59.5 Å². The van der Waals surface area contributed by atoms with Gasteiger partial charge in [0.05, 0.1) is 5.56 Å². The summed E-state index contributed by atoms with van der Waals surface area (Å²) < 4.78 is 0. The molecule has 1 aliphatic rings. The molecule has 1 aliphatic heterocycles. The van der Waals surface area contributed by atoms with E-state index in [2.05, 4.69) is 29.0 Å². The first-order chi connectivity index (χ1) is 10.2.